The largest absolute Gasteiger partial charge is 0.339 e. The third kappa shape index (κ3) is 3.01. The van der Waals surface area contributed by atoms with Crippen molar-refractivity contribution in [2.45, 2.75) is 32.6 Å². The summed E-state index contributed by atoms with van der Waals surface area (Å²) in [5, 5.41) is 4.13. The molecule has 1 saturated heterocycles. The second-order valence-electron chi connectivity index (χ2n) is 6.70. The highest BCUT2D eigenvalue weighted by Crippen LogP contribution is 2.32. The molecule has 0 spiro atoms. The van der Waals surface area contributed by atoms with E-state index in [-0.39, 0.29) is 11.8 Å². The van der Waals surface area contributed by atoms with Crippen LogP contribution in [0.15, 0.2) is 53.1 Å². The molecule has 0 N–H and O–H groups in total. The lowest BCUT2D eigenvalue weighted by Crippen LogP contribution is -2.24. The number of benzene rings is 2. The van der Waals surface area contributed by atoms with Crippen molar-refractivity contribution >= 4 is 11.6 Å². The fraction of sp³-hybridized carbons (Fsp3) is 0.286. The molecule has 5 nitrogen and oxygen atoms in total. The average molecular weight is 347 g/mol. The Morgan fingerprint density at radius 2 is 2.04 bits per heavy atom. The van der Waals surface area contributed by atoms with Gasteiger partial charge in [0.05, 0.1) is 5.92 Å². The van der Waals surface area contributed by atoms with Crippen molar-refractivity contribution in [3.63, 3.8) is 0 Å². The van der Waals surface area contributed by atoms with E-state index in [4.69, 9.17) is 4.52 Å². The van der Waals surface area contributed by atoms with E-state index in [0.29, 0.717) is 24.7 Å². The predicted octanol–water partition coefficient (Wildman–Crippen LogP) is 4.13. The number of carbonyl (C=O) groups excluding carboxylic acids is 1. The molecule has 1 fully saturated rings. The van der Waals surface area contributed by atoms with Gasteiger partial charge in [0, 0.05) is 24.2 Å². The highest BCUT2D eigenvalue weighted by atomic mass is 16.5. The van der Waals surface area contributed by atoms with E-state index in [1.807, 2.05) is 48.2 Å². The number of amides is 1. The zero-order chi connectivity index (χ0) is 18.1. The van der Waals surface area contributed by atoms with Crippen molar-refractivity contribution in [2.75, 3.05) is 11.4 Å². The molecule has 1 aliphatic rings. The van der Waals surface area contributed by atoms with Gasteiger partial charge in [-0.05, 0) is 36.6 Å². The SMILES string of the molecule is CCc1cccc(N2CC(c3nc(-c4ccccc4C)no3)CC2=O)c1. The van der Waals surface area contributed by atoms with Crippen LogP contribution in [0.1, 0.15) is 36.3 Å². The van der Waals surface area contributed by atoms with Crippen LogP contribution in [0.25, 0.3) is 11.4 Å². The fourth-order valence-electron chi connectivity index (χ4n) is 3.40. The maximum Gasteiger partial charge on any atom is 0.232 e. The van der Waals surface area contributed by atoms with Gasteiger partial charge in [-0.2, -0.15) is 4.98 Å². The van der Waals surface area contributed by atoms with Gasteiger partial charge in [-0.15, -0.1) is 0 Å². The van der Waals surface area contributed by atoms with Gasteiger partial charge in [-0.3, -0.25) is 4.79 Å². The average Bonchev–Trinajstić information content (AvgIpc) is 3.29. The quantitative estimate of drug-likeness (QED) is 0.712. The Morgan fingerprint density at radius 3 is 2.85 bits per heavy atom. The second-order valence-corrected chi connectivity index (χ2v) is 6.70. The minimum absolute atomic E-state index is 0.0712. The summed E-state index contributed by atoms with van der Waals surface area (Å²) >= 11 is 0. The molecule has 4 rings (SSSR count). The lowest BCUT2D eigenvalue weighted by molar-refractivity contribution is -0.117. The van der Waals surface area contributed by atoms with Crippen LogP contribution in [0.2, 0.25) is 0 Å². The number of hydrogen-bond acceptors (Lipinski definition) is 4. The van der Waals surface area contributed by atoms with Crippen molar-refractivity contribution < 1.29 is 9.32 Å². The summed E-state index contributed by atoms with van der Waals surface area (Å²) in [6.45, 7) is 4.70. The molecule has 1 unspecified atom stereocenters. The highest BCUT2D eigenvalue weighted by Gasteiger charge is 2.35. The van der Waals surface area contributed by atoms with Crippen LogP contribution < -0.4 is 4.90 Å². The highest BCUT2D eigenvalue weighted by molar-refractivity contribution is 5.96. The van der Waals surface area contributed by atoms with Gasteiger partial charge >= 0.3 is 0 Å². The van der Waals surface area contributed by atoms with Crippen LogP contribution >= 0.6 is 0 Å². The molecule has 1 aliphatic heterocycles. The standard InChI is InChI=1S/C21H21N3O2/c1-3-15-8-6-9-17(11-15)24-13-16(12-19(24)25)21-22-20(23-26-21)18-10-5-4-7-14(18)2/h4-11,16H,3,12-13H2,1-2H3. The molecule has 1 amide bonds. The van der Waals surface area contributed by atoms with E-state index < -0.39 is 0 Å². The molecule has 5 heteroatoms. The molecule has 2 heterocycles. The van der Waals surface area contributed by atoms with Gasteiger partial charge in [0.25, 0.3) is 0 Å². The Balaban J connectivity index is 1.57. The zero-order valence-corrected chi connectivity index (χ0v) is 15.0. The molecule has 2 aromatic carbocycles. The number of hydrogen-bond donors (Lipinski definition) is 0. The van der Waals surface area contributed by atoms with Crippen LogP contribution in [0.5, 0.6) is 0 Å². The summed E-state index contributed by atoms with van der Waals surface area (Å²) in [4.78, 5) is 18.9. The van der Waals surface area contributed by atoms with E-state index >= 15 is 0 Å². The van der Waals surface area contributed by atoms with E-state index in [1.54, 1.807) is 0 Å². The van der Waals surface area contributed by atoms with E-state index in [9.17, 15) is 4.79 Å². The van der Waals surface area contributed by atoms with Crippen LogP contribution in [0.3, 0.4) is 0 Å². The Hall–Kier alpha value is -2.95. The number of aromatic nitrogens is 2. The van der Waals surface area contributed by atoms with Gasteiger partial charge in [-0.25, -0.2) is 0 Å². The Morgan fingerprint density at radius 1 is 1.19 bits per heavy atom. The van der Waals surface area contributed by atoms with Crippen molar-refractivity contribution in [3.05, 3.63) is 65.5 Å². The molecule has 0 radical (unpaired) electrons. The smallest absolute Gasteiger partial charge is 0.232 e. The third-order valence-corrected chi connectivity index (χ3v) is 4.93. The minimum atomic E-state index is -0.0712. The van der Waals surface area contributed by atoms with Crippen molar-refractivity contribution in [2.24, 2.45) is 0 Å². The molecule has 3 aromatic rings. The predicted molar refractivity (Wildman–Crippen MR) is 100 cm³/mol. The van der Waals surface area contributed by atoms with E-state index in [0.717, 1.165) is 23.2 Å². The lowest BCUT2D eigenvalue weighted by Gasteiger charge is -2.16. The first-order valence-electron chi connectivity index (χ1n) is 8.94. The van der Waals surface area contributed by atoms with Crippen molar-refractivity contribution in [1.82, 2.24) is 10.1 Å². The Bertz CT molecular complexity index is 948. The lowest BCUT2D eigenvalue weighted by atomic mass is 10.1. The first kappa shape index (κ1) is 16.5. The normalized spacial score (nSPS) is 17.1. The first-order valence-corrected chi connectivity index (χ1v) is 8.94. The van der Waals surface area contributed by atoms with Gasteiger partial charge in [0.15, 0.2) is 0 Å². The van der Waals surface area contributed by atoms with Crippen LogP contribution in [-0.4, -0.2) is 22.6 Å². The number of aryl methyl sites for hydroxylation is 2. The van der Waals surface area contributed by atoms with Gasteiger partial charge in [-0.1, -0.05) is 48.5 Å². The maximum absolute atomic E-state index is 12.5. The molecule has 0 saturated carbocycles. The van der Waals surface area contributed by atoms with Gasteiger partial charge in [0.2, 0.25) is 17.6 Å². The van der Waals surface area contributed by atoms with Crippen LogP contribution in [-0.2, 0) is 11.2 Å². The number of anilines is 1. The van der Waals surface area contributed by atoms with Crippen LogP contribution in [0.4, 0.5) is 5.69 Å². The second kappa shape index (κ2) is 6.75. The maximum atomic E-state index is 12.5. The molecule has 0 aliphatic carbocycles. The third-order valence-electron chi connectivity index (χ3n) is 4.93. The van der Waals surface area contributed by atoms with Crippen molar-refractivity contribution in [3.8, 4) is 11.4 Å². The number of rotatable bonds is 4. The Kier molecular flexibility index (Phi) is 4.29. The molecule has 132 valence electrons. The summed E-state index contributed by atoms with van der Waals surface area (Å²) in [5.74, 6) is 1.14. The summed E-state index contributed by atoms with van der Waals surface area (Å²) in [6, 6.07) is 16.1. The molecule has 1 atom stereocenters. The van der Waals surface area contributed by atoms with E-state index in [2.05, 4.69) is 29.2 Å². The van der Waals surface area contributed by atoms with E-state index in [1.165, 1.54) is 5.56 Å². The van der Waals surface area contributed by atoms with Gasteiger partial charge in [0.1, 0.15) is 0 Å². The van der Waals surface area contributed by atoms with Crippen molar-refractivity contribution in [1.29, 1.82) is 0 Å². The molecule has 0 bridgehead atoms. The molecule has 26 heavy (non-hydrogen) atoms. The Labute approximate surface area is 152 Å². The minimum Gasteiger partial charge on any atom is -0.339 e. The van der Waals surface area contributed by atoms with Gasteiger partial charge < -0.3 is 9.42 Å². The summed E-state index contributed by atoms with van der Waals surface area (Å²) < 4.78 is 5.50. The fourth-order valence-corrected chi connectivity index (χ4v) is 3.40. The summed E-state index contributed by atoms with van der Waals surface area (Å²) in [5.41, 5.74) is 4.22. The molecular formula is C21H21N3O2. The number of carbonyl (C=O) groups is 1. The number of nitrogens with zero attached hydrogens (tertiary/aromatic N) is 3. The summed E-state index contributed by atoms with van der Waals surface area (Å²) in [6.07, 6.45) is 1.34. The van der Waals surface area contributed by atoms with Crippen LogP contribution in [0, 0.1) is 6.92 Å². The monoisotopic (exact) mass is 347 g/mol. The zero-order valence-electron chi connectivity index (χ0n) is 15.0. The molecule has 1 aromatic heterocycles. The summed E-state index contributed by atoms with van der Waals surface area (Å²) in [7, 11) is 0. The first-order chi connectivity index (χ1) is 12.7. The molecular weight excluding hydrogens is 326 g/mol. The topological polar surface area (TPSA) is 59.2 Å².